The number of piperidine rings is 1. The fourth-order valence-electron chi connectivity index (χ4n) is 4.39. The third kappa shape index (κ3) is 4.47. The summed E-state index contributed by atoms with van der Waals surface area (Å²) >= 11 is 0. The van der Waals surface area contributed by atoms with Gasteiger partial charge in [-0.1, -0.05) is 36.4 Å². The molecular weight excluding hydrogens is 408 g/mol. The number of carbonyl (C=O) groups excluding carboxylic acids is 3. The van der Waals surface area contributed by atoms with Crippen LogP contribution in [0.15, 0.2) is 48.5 Å². The van der Waals surface area contributed by atoms with E-state index < -0.39 is 11.6 Å². The first-order valence-corrected chi connectivity index (χ1v) is 10.9. The van der Waals surface area contributed by atoms with Crippen molar-refractivity contribution in [2.24, 2.45) is 0 Å². The number of nitrogens with one attached hydrogen (secondary N) is 1. The van der Waals surface area contributed by atoms with Crippen LogP contribution in [-0.2, 0) is 27.2 Å². The summed E-state index contributed by atoms with van der Waals surface area (Å²) in [5.41, 5.74) is 0.961. The molecule has 2 heterocycles. The van der Waals surface area contributed by atoms with Crippen molar-refractivity contribution in [1.82, 2.24) is 10.2 Å². The topological polar surface area (TPSA) is 84.9 Å². The number of carbonyl (C=O) groups is 3. The Morgan fingerprint density at radius 2 is 1.81 bits per heavy atom. The highest BCUT2D eigenvalue weighted by molar-refractivity contribution is 5.97. The smallest absolute Gasteiger partial charge is 0.339 e. The van der Waals surface area contributed by atoms with Crippen LogP contribution in [0.4, 0.5) is 0 Å². The Hall–Kier alpha value is -3.35. The van der Waals surface area contributed by atoms with E-state index in [0.29, 0.717) is 43.7 Å². The first kappa shape index (κ1) is 21.9. The molecule has 1 fully saturated rings. The number of hydrogen-bond acceptors (Lipinski definition) is 5. The Labute approximate surface area is 187 Å². The van der Waals surface area contributed by atoms with Crippen molar-refractivity contribution in [3.05, 3.63) is 65.2 Å². The van der Waals surface area contributed by atoms with Gasteiger partial charge in [-0.05, 0) is 37.5 Å². The van der Waals surface area contributed by atoms with Gasteiger partial charge in [0, 0.05) is 31.1 Å². The van der Waals surface area contributed by atoms with Crippen LogP contribution < -0.4 is 10.1 Å². The van der Waals surface area contributed by atoms with Crippen molar-refractivity contribution >= 4 is 17.8 Å². The molecule has 1 unspecified atom stereocenters. The monoisotopic (exact) mass is 436 g/mol. The summed E-state index contributed by atoms with van der Waals surface area (Å²) in [6.07, 6.45) is 1.94. The molecule has 2 amide bonds. The number of methoxy groups -OCH3 is 1. The van der Waals surface area contributed by atoms with E-state index in [1.54, 1.807) is 26.2 Å². The molecule has 2 aromatic carbocycles. The Bertz CT molecular complexity index is 1030. The Morgan fingerprint density at radius 3 is 2.56 bits per heavy atom. The molecule has 0 aromatic heterocycles. The number of rotatable bonds is 5. The average molecular weight is 437 g/mol. The highest BCUT2D eigenvalue weighted by Crippen LogP contribution is 2.29. The number of hydrogen-bond donors (Lipinski definition) is 1. The van der Waals surface area contributed by atoms with Crippen molar-refractivity contribution in [2.75, 3.05) is 20.2 Å². The summed E-state index contributed by atoms with van der Waals surface area (Å²) in [5.74, 6) is -0.00990. The van der Waals surface area contributed by atoms with E-state index in [4.69, 9.17) is 9.47 Å². The van der Waals surface area contributed by atoms with E-state index in [-0.39, 0.29) is 24.3 Å². The normalized spacial score (nSPS) is 20.8. The molecule has 1 N–H and O–H groups in total. The summed E-state index contributed by atoms with van der Waals surface area (Å²) in [6, 6.07) is 14.7. The molecule has 7 heteroatoms. The van der Waals surface area contributed by atoms with Crippen molar-refractivity contribution < 1.29 is 23.9 Å². The van der Waals surface area contributed by atoms with Crippen LogP contribution in [0.3, 0.4) is 0 Å². The van der Waals surface area contributed by atoms with Crippen molar-refractivity contribution in [3.63, 3.8) is 0 Å². The van der Waals surface area contributed by atoms with Gasteiger partial charge in [0.25, 0.3) is 5.91 Å². The summed E-state index contributed by atoms with van der Waals surface area (Å²) in [4.78, 5) is 39.9. The molecule has 7 nitrogen and oxygen atoms in total. The summed E-state index contributed by atoms with van der Waals surface area (Å²) < 4.78 is 10.9. The maximum Gasteiger partial charge on any atom is 0.339 e. The molecule has 1 atom stereocenters. The minimum Gasteiger partial charge on any atom is -0.496 e. The minimum atomic E-state index is -1.23. The van der Waals surface area contributed by atoms with Gasteiger partial charge in [0.05, 0.1) is 19.1 Å². The number of cyclic esters (lactones) is 1. The van der Waals surface area contributed by atoms with Crippen LogP contribution in [0.25, 0.3) is 0 Å². The number of para-hydroxylation sites is 1. The van der Waals surface area contributed by atoms with Gasteiger partial charge in [0.2, 0.25) is 5.91 Å². The minimum absolute atomic E-state index is 0.0454. The lowest BCUT2D eigenvalue weighted by Crippen LogP contribution is -2.56. The second kappa shape index (κ2) is 9.02. The molecule has 0 spiro atoms. The number of amides is 2. The lowest BCUT2D eigenvalue weighted by atomic mass is 9.89. The second-order valence-electron chi connectivity index (χ2n) is 8.57. The first-order chi connectivity index (χ1) is 15.4. The molecule has 4 rings (SSSR count). The van der Waals surface area contributed by atoms with E-state index in [1.807, 2.05) is 41.3 Å². The summed E-state index contributed by atoms with van der Waals surface area (Å²) in [6.45, 7) is 2.79. The third-order valence-electron chi connectivity index (χ3n) is 6.28. The fourth-order valence-corrected chi connectivity index (χ4v) is 4.39. The van der Waals surface area contributed by atoms with E-state index in [2.05, 4.69) is 5.32 Å². The summed E-state index contributed by atoms with van der Waals surface area (Å²) in [7, 11) is 1.60. The van der Waals surface area contributed by atoms with Gasteiger partial charge in [-0.15, -0.1) is 0 Å². The van der Waals surface area contributed by atoms with Gasteiger partial charge in [0.15, 0.2) is 5.60 Å². The predicted octanol–water partition coefficient (Wildman–Crippen LogP) is 2.52. The molecule has 2 aliphatic heterocycles. The molecule has 1 saturated heterocycles. The van der Waals surface area contributed by atoms with Gasteiger partial charge in [-0.2, -0.15) is 0 Å². The number of ether oxygens (including phenoxy) is 2. The third-order valence-corrected chi connectivity index (χ3v) is 6.28. The zero-order valence-corrected chi connectivity index (χ0v) is 18.4. The lowest BCUT2D eigenvalue weighted by Gasteiger charge is -2.37. The number of benzene rings is 2. The zero-order chi connectivity index (χ0) is 22.7. The van der Waals surface area contributed by atoms with Crippen LogP contribution in [0.5, 0.6) is 5.75 Å². The molecule has 32 heavy (non-hydrogen) atoms. The number of fused-ring (bicyclic) bond motifs is 1. The van der Waals surface area contributed by atoms with Gasteiger partial charge >= 0.3 is 5.97 Å². The molecule has 168 valence electrons. The van der Waals surface area contributed by atoms with E-state index in [1.165, 1.54) is 0 Å². The van der Waals surface area contributed by atoms with Gasteiger partial charge < -0.3 is 19.7 Å². The quantitative estimate of drug-likeness (QED) is 0.728. The number of likely N-dealkylation sites (tertiary alicyclic amines) is 1. The van der Waals surface area contributed by atoms with Crippen LogP contribution >= 0.6 is 0 Å². The van der Waals surface area contributed by atoms with Gasteiger partial charge in [-0.25, -0.2) is 4.79 Å². The zero-order valence-electron chi connectivity index (χ0n) is 18.4. The SMILES string of the molecule is COc1ccccc1CC(=O)N1CCC(NC(=O)C2(C)Cc3ccccc3C(=O)O2)CC1. The van der Waals surface area contributed by atoms with Gasteiger partial charge in [0.1, 0.15) is 5.75 Å². The van der Waals surface area contributed by atoms with E-state index >= 15 is 0 Å². The molecule has 0 bridgehead atoms. The molecular formula is C25H28N2O5. The second-order valence-corrected chi connectivity index (χ2v) is 8.57. The molecule has 0 saturated carbocycles. The number of nitrogens with zero attached hydrogens (tertiary/aromatic N) is 1. The highest BCUT2D eigenvalue weighted by Gasteiger charge is 2.43. The number of esters is 1. The fraction of sp³-hybridized carbons (Fsp3) is 0.400. The Morgan fingerprint density at radius 1 is 1.12 bits per heavy atom. The molecule has 0 radical (unpaired) electrons. The molecule has 2 aliphatic rings. The summed E-state index contributed by atoms with van der Waals surface area (Å²) in [5, 5.41) is 3.03. The standard InChI is InChI=1S/C25H28N2O5/c1-25(16-18-8-3-5-9-20(18)23(29)32-25)24(30)26-19-11-13-27(14-12-19)22(28)15-17-7-4-6-10-21(17)31-2/h3-10,19H,11-16H2,1-2H3,(H,26,30). The van der Waals surface area contributed by atoms with Crippen molar-refractivity contribution in [3.8, 4) is 5.75 Å². The van der Waals surface area contributed by atoms with Crippen molar-refractivity contribution in [2.45, 2.75) is 44.2 Å². The Kier molecular flexibility index (Phi) is 6.17. The largest absolute Gasteiger partial charge is 0.496 e. The van der Waals surface area contributed by atoms with E-state index in [9.17, 15) is 14.4 Å². The molecule has 2 aromatic rings. The van der Waals surface area contributed by atoms with Gasteiger partial charge in [-0.3, -0.25) is 9.59 Å². The van der Waals surface area contributed by atoms with E-state index in [0.717, 1.165) is 11.1 Å². The van der Waals surface area contributed by atoms with Crippen LogP contribution in [0.1, 0.15) is 41.3 Å². The average Bonchev–Trinajstić information content (AvgIpc) is 2.79. The highest BCUT2D eigenvalue weighted by atomic mass is 16.6. The maximum atomic E-state index is 13.0. The molecule has 0 aliphatic carbocycles. The first-order valence-electron chi connectivity index (χ1n) is 10.9. The predicted molar refractivity (Wildman–Crippen MR) is 118 cm³/mol. The Balaban J connectivity index is 1.32. The van der Waals surface area contributed by atoms with Crippen LogP contribution in [0.2, 0.25) is 0 Å². The maximum absolute atomic E-state index is 13.0. The lowest BCUT2D eigenvalue weighted by molar-refractivity contribution is -0.141. The van der Waals surface area contributed by atoms with Crippen LogP contribution in [-0.4, -0.2) is 54.5 Å². The van der Waals surface area contributed by atoms with Crippen molar-refractivity contribution in [1.29, 1.82) is 0 Å². The van der Waals surface area contributed by atoms with Crippen LogP contribution in [0, 0.1) is 0 Å².